The summed E-state index contributed by atoms with van der Waals surface area (Å²) in [7, 11) is 1.61. The average Bonchev–Trinajstić information content (AvgIpc) is 2.43. The first kappa shape index (κ1) is 14.1. The zero-order valence-electron chi connectivity index (χ0n) is 10.2. The number of benzene rings is 1. The van der Waals surface area contributed by atoms with Crippen molar-refractivity contribution in [1.29, 1.82) is 0 Å². The molecule has 1 aromatic carbocycles. The monoisotopic (exact) mass is 342 g/mol. The Balaban J connectivity index is 2.26. The lowest BCUT2D eigenvalue weighted by Gasteiger charge is -2.09. The third kappa shape index (κ3) is 3.37. The Hall–Kier alpha value is -1.30. The number of ether oxygens (including phenoxy) is 2. The van der Waals surface area contributed by atoms with Gasteiger partial charge in [-0.3, -0.25) is 0 Å². The van der Waals surface area contributed by atoms with E-state index in [0.29, 0.717) is 23.2 Å². The van der Waals surface area contributed by atoms with Gasteiger partial charge >= 0.3 is 0 Å². The summed E-state index contributed by atoms with van der Waals surface area (Å²) < 4.78 is 11.6. The molecule has 0 aliphatic carbocycles. The molecule has 0 unspecified atom stereocenters. The van der Waals surface area contributed by atoms with Crippen LogP contribution in [0.5, 0.6) is 17.4 Å². The Labute approximate surface area is 124 Å². The summed E-state index contributed by atoms with van der Waals surface area (Å²) in [5, 5.41) is 0.531. The lowest BCUT2D eigenvalue weighted by Crippen LogP contribution is -1.99. The van der Waals surface area contributed by atoms with Crippen molar-refractivity contribution < 1.29 is 9.47 Å². The topological polar surface area (TPSA) is 57.4 Å². The lowest BCUT2D eigenvalue weighted by molar-refractivity contribution is 0.411. The van der Waals surface area contributed by atoms with Crippen molar-refractivity contribution in [3.8, 4) is 17.4 Å². The van der Waals surface area contributed by atoms with E-state index in [1.165, 1.54) is 6.20 Å². The Morgan fingerprint density at radius 1 is 1.37 bits per heavy atom. The summed E-state index contributed by atoms with van der Waals surface area (Å²) in [4.78, 5) is 4.10. The first-order valence-corrected chi connectivity index (χ1v) is 6.67. The number of hydrogen-bond donors (Lipinski definition) is 1. The molecule has 100 valence electrons. The fourth-order valence-corrected chi connectivity index (χ4v) is 2.09. The van der Waals surface area contributed by atoms with Crippen LogP contribution in [0, 0.1) is 0 Å². The fourth-order valence-electron chi connectivity index (χ4n) is 1.47. The molecule has 2 rings (SSSR count). The Morgan fingerprint density at radius 2 is 2.16 bits per heavy atom. The van der Waals surface area contributed by atoms with Gasteiger partial charge in [-0.2, -0.15) is 0 Å². The molecule has 0 saturated heterocycles. The first-order chi connectivity index (χ1) is 9.13. The Morgan fingerprint density at radius 3 is 2.79 bits per heavy atom. The summed E-state index contributed by atoms with van der Waals surface area (Å²) in [6, 6.07) is 7.13. The molecule has 0 radical (unpaired) electrons. The van der Waals surface area contributed by atoms with Crippen LogP contribution in [0.4, 0.5) is 0 Å². The van der Waals surface area contributed by atoms with Crippen molar-refractivity contribution in [2.24, 2.45) is 5.73 Å². The molecule has 0 aliphatic heterocycles. The predicted molar refractivity (Wildman–Crippen MR) is 77.9 cm³/mol. The molecule has 0 aliphatic rings. The summed E-state index contributed by atoms with van der Waals surface area (Å²) in [6.45, 7) is 0.335. The van der Waals surface area contributed by atoms with Gasteiger partial charge in [0.25, 0.3) is 0 Å². The molecule has 6 heteroatoms. The van der Waals surface area contributed by atoms with Gasteiger partial charge in [-0.15, -0.1) is 0 Å². The van der Waals surface area contributed by atoms with Crippen LogP contribution in [0.1, 0.15) is 5.56 Å². The van der Waals surface area contributed by atoms with Crippen molar-refractivity contribution in [3.05, 3.63) is 45.5 Å². The van der Waals surface area contributed by atoms with Crippen LogP contribution < -0.4 is 15.2 Å². The highest BCUT2D eigenvalue weighted by atomic mass is 79.9. The van der Waals surface area contributed by atoms with Crippen LogP contribution in [0.3, 0.4) is 0 Å². The van der Waals surface area contributed by atoms with Gasteiger partial charge in [-0.1, -0.05) is 11.6 Å². The highest BCUT2D eigenvalue weighted by molar-refractivity contribution is 9.10. The molecule has 0 fully saturated rings. The number of hydrogen-bond acceptors (Lipinski definition) is 4. The molecule has 1 aromatic heterocycles. The maximum Gasteiger partial charge on any atom is 0.219 e. The number of pyridine rings is 1. The van der Waals surface area contributed by atoms with Gasteiger partial charge in [0.05, 0.1) is 16.6 Å². The largest absolute Gasteiger partial charge is 0.497 e. The van der Waals surface area contributed by atoms with E-state index in [0.717, 1.165) is 15.8 Å². The number of methoxy groups -OCH3 is 1. The number of halogens is 2. The minimum atomic E-state index is 0.335. The second-order valence-corrected chi connectivity index (χ2v) is 4.98. The number of aromatic nitrogens is 1. The van der Waals surface area contributed by atoms with Crippen LogP contribution in [0.25, 0.3) is 0 Å². The number of nitrogens with zero attached hydrogens (tertiary/aromatic N) is 1. The number of rotatable bonds is 4. The minimum Gasteiger partial charge on any atom is -0.497 e. The van der Waals surface area contributed by atoms with E-state index in [9.17, 15) is 0 Å². The van der Waals surface area contributed by atoms with E-state index in [1.54, 1.807) is 25.3 Å². The van der Waals surface area contributed by atoms with Gasteiger partial charge in [0, 0.05) is 18.8 Å². The molecular formula is C13H12BrClN2O2. The summed E-state index contributed by atoms with van der Waals surface area (Å²) >= 11 is 9.36. The first-order valence-electron chi connectivity index (χ1n) is 5.50. The van der Waals surface area contributed by atoms with Gasteiger partial charge in [0.2, 0.25) is 5.88 Å². The SMILES string of the molecule is COc1ccc(Oc2cc(CN)c(Cl)cn2)c(Br)c1. The third-order valence-electron chi connectivity index (χ3n) is 2.48. The quantitative estimate of drug-likeness (QED) is 0.918. The molecule has 19 heavy (non-hydrogen) atoms. The summed E-state index contributed by atoms with van der Waals surface area (Å²) in [6.07, 6.45) is 1.52. The van der Waals surface area contributed by atoms with Gasteiger partial charge in [0.1, 0.15) is 11.5 Å². The average molecular weight is 344 g/mol. The van der Waals surface area contributed by atoms with Crippen LogP contribution >= 0.6 is 27.5 Å². The Kier molecular flexibility index (Phi) is 4.63. The molecule has 2 aromatic rings. The van der Waals surface area contributed by atoms with E-state index in [4.69, 9.17) is 26.8 Å². The predicted octanol–water partition coefficient (Wildman–Crippen LogP) is 3.76. The van der Waals surface area contributed by atoms with Crippen molar-refractivity contribution in [3.63, 3.8) is 0 Å². The molecular weight excluding hydrogens is 332 g/mol. The third-order valence-corrected chi connectivity index (χ3v) is 3.44. The summed E-state index contributed by atoms with van der Waals surface area (Å²) in [5.41, 5.74) is 6.38. The molecule has 0 spiro atoms. The van der Waals surface area contributed by atoms with Crippen molar-refractivity contribution in [2.75, 3.05) is 7.11 Å². The van der Waals surface area contributed by atoms with E-state index < -0.39 is 0 Å². The maximum absolute atomic E-state index is 5.95. The van der Waals surface area contributed by atoms with Gasteiger partial charge < -0.3 is 15.2 Å². The highest BCUT2D eigenvalue weighted by Gasteiger charge is 2.07. The van der Waals surface area contributed by atoms with E-state index in [2.05, 4.69) is 20.9 Å². The van der Waals surface area contributed by atoms with Gasteiger partial charge in [-0.25, -0.2) is 4.98 Å². The normalized spacial score (nSPS) is 10.3. The number of nitrogens with two attached hydrogens (primary N) is 1. The van der Waals surface area contributed by atoms with E-state index >= 15 is 0 Å². The highest BCUT2D eigenvalue weighted by Crippen LogP contribution is 2.32. The van der Waals surface area contributed by atoms with Crippen LogP contribution in [-0.4, -0.2) is 12.1 Å². The maximum atomic E-state index is 5.95. The fraction of sp³-hybridized carbons (Fsp3) is 0.154. The molecule has 4 nitrogen and oxygen atoms in total. The molecule has 0 saturated carbocycles. The second-order valence-electron chi connectivity index (χ2n) is 3.72. The standard InChI is InChI=1S/C13H12BrClN2O2/c1-18-9-2-3-12(10(14)5-9)19-13-4-8(6-16)11(15)7-17-13/h2-5,7H,6,16H2,1H3. The smallest absolute Gasteiger partial charge is 0.219 e. The molecule has 2 N–H and O–H groups in total. The zero-order valence-corrected chi connectivity index (χ0v) is 12.5. The minimum absolute atomic E-state index is 0.335. The molecule has 0 amide bonds. The van der Waals surface area contributed by atoms with E-state index in [1.807, 2.05) is 6.07 Å². The van der Waals surface area contributed by atoms with Gasteiger partial charge in [0.15, 0.2) is 0 Å². The van der Waals surface area contributed by atoms with E-state index in [-0.39, 0.29) is 0 Å². The van der Waals surface area contributed by atoms with Crippen molar-refractivity contribution in [1.82, 2.24) is 4.98 Å². The van der Waals surface area contributed by atoms with Crippen LogP contribution in [-0.2, 0) is 6.54 Å². The molecule has 0 atom stereocenters. The van der Waals surface area contributed by atoms with Gasteiger partial charge in [-0.05, 0) is 39.7 Å². The summed E-state index contributed by atoms with van der Waals surface area (Å²) in [5.74, 6) is 1.82. The van der Waals surface area contributed by atoms with Crippen molar-refractivity contribution in [2.45, 2.75) is 6.54 Å². The zero-order chi connectivity index (χ0) is 13.8. The molecule has 1 heterocycles. The van der Waals surface area contributed by atoms with Crippen LogP contribution in [0.15, 0.2) is 34.9 Å². The molecule has 0 bridgehead atoms. The van der Waals surface area contributed by atoms with Crippen molar-refractivity contribution >= 4 is 27.5 Å². The Bertz CT molecular complexity index is 593. The van der Waals surface area contributed by atoms with Crippen LogP contribution in [0.2, 0.25) is 5.02 Å². The lowest BCUT2D eigenvalue weighted by atomic mass is 10.2. The second kappa shape index (κ2) is 6.23.